The fourth-order valence-corrected chi connectivity index (χ4v) is 3.95. The first-order valence-electron chi connectivity index (χ1n) is 6.29. The van der Waals surface area contributed by atoms with E-state index in [1.54, 1.807) is 0 Å². The Hall–Kier alpha value is -0.580. The zero-order chi connectivity index (χ0) is 11.8. The number of hydrogen-bond acceptors (Lipinski definition) is 1. The van der Waals surface area contributed by atoms with Crippen LogP contribution in [0.4, 0.5) is 0 Å². The number of nitrogens with one attached hydrogen (secondary N) is 1. The molecule has 1 aromatic carbocycles. The number of benzene rings is 1. The molecule has 0 saturated heterocycles. The lowest BCUT2D eigenvalue weighted by molar-refractivity contribution is 0.0922. The maximum atomic E-state index is 12.2. The highest BCUT2D eigenvalue weighted by Gasteiger charge is 2.40. The highest BCUT2D eigenvalue weighted by Crippen LogP contribution is 2.44. The molecule has 17 heavy (non-hydrogen) atoms. The molecule has 0 aromatic heterocycles. The second-order valence-corrected chi connectivity index (χ2v) is 6.40. The topological polar surface area (TPSA) is 29.1 Å². The Labute approximate surface area is 115 Å². The minimum Gasteiger partial charge on any atom is -0.349 e. The van der Waals surface area contributed by atoms with Crippen molar-refractivity contribution in [3.8, 4) is 0 Å². The van der Waals surface area contributed by atoms with Crippen LogP contribution in [0.1, 0.15) is 36.0 Å². The maximum Gasteiger partial charge on any atom is 0.252 e. The van der Waals surface area contributed by atoms with E-state index < -0.39 is 0 Å². The van der Waals surface area contributed by atoms with E-state index in [4.69, 9.17) is 0 Å². The zero-order valence-corrected chi connectivity index (χ0v) is 11.8. The van der Waals surface area contributed by atoms with Crippen LogP contribution in [-0.4, -0.2) is 11.9 Å². The molecular formula is C14H16INO. The Bertz CT molecular complexity index is 446. The maximum absolute atomic E-state index is 12.2. The summed E-state index contributed by atoms with van der Waals surface area (Å²) < 4.78 is 1.03. The molecule has 3 atom stereocenters. The Morgan fingerprint density at radius 1 is 1.24 bits per heavy atom. The molecular weight excluding hydrogens is 325 g/mol. The molecule has 2 aliphatic rings. The van der Waals surface area contributed by atoms with Crippen molar-refractivity contribution in [2.24, 2.45) is 11.8 Å². The summed E-state index contributed by atoms with van der Waals surface area (Å²) in [4.78, 5) is 12.2. The quantitative estimate of drug-likeness (QED) is 0.823. The minimum absolute atomic E-state index is 0.104. The van der Waals surface area contributed by atoms with Crippen molar-refractivity contribution >= 4 is 28.5 Å². The number of fused-ring (bicyclic) bond motifs is 2. The molecule has 1 N–H and O–H groups in total. The van der Waals surface area contributed by atoms with Crippen molar-refractivity contribution < 1.29 is 4.79 Å². The van der Waals surface area contributed by atoms with E-state index in [0.29, 0.717) is 6.04 Å². The van der Waals surface area contributed by atoms with Crippen LogP contribution in [0.25, 0.3) is 0 Å². The number of hydrogen-bond donors (Lipinski definition) is 1. The van der Waals surface area contributed by atoms with Gasteiger partial charge in [-0.3, -0.25) is 4.79 Å². The van der Waals surface area contributed by atoms with Crippen LogP contribution >= 0.6 is 22.6 Å². The summed E-state index contributed by atoms with van der Waals surface area (Å²) in [6.07, 6.45) is 5.21. The smallest absolute Gasteiger partial charge is 0.252 e. The van der Waals surface area contributed by atoms with Gasteiger partial charge in [0.05, 0.1) is 5.56 Å². The molecule has 2 nitrogen and oxygen atoms in total. The van der Waals surface area contributed by atoms with Crippen molar-refractivity contribution in [1.82, 2.24) is 5.32 Å². The number of halogens is 1. The van der Waals surface area contributed by atoms with E-state index in [2.05, 4.69) is 27.9 Å². The third-order valence-corrected chi connectivity index (χ3v) is 5.11. The van der Waals surface area contributed by atoms with E-state index in [-0.39, 0.29) is 5.91 Å². The summed E-state index contributed by atoms with van der Waals surface area (Å²) in [7, 11) is 0. The van der Waals surface area contributed by atoms with Gasteiger partial charge in [0.2, 0.25) is 0 Å². The molecule has 90 valence electrons. The van der Waals surface area contributed by atoms with Crippen LogP contribution in [0.15, 0.2) is 24.3 Å². The molecule has 0 aliphatic heterocycles. The standard InChI is InChI=1S/C14H16INO/c15-12-4-2-1-3-11(12)14(17)16-13-8-9-5-6-10(13)7-9/h1-4,9-10,13H,5-8H2,(H,16,17)/t9-,10-,13-/m0/s1. The fraction of sp³-hybridized carbons (Fsp3) is 0.500. The predicted octanol–water partition coefficient (Wildman–Crippen LogP) is 3.21. The van der Waals surface area contributed by atoms with Crippen LogP contribution in [0.5, 0.6) is 0 Å². The number of amides is 1. The largest absolute Gasteiger partial charge is 0.349 e. The van der Waals surface area contributed by atoms with Crippen molar-refractivity contribution in [1.29, 1.82) is 0 Å². The molecule has 2 aliphatic carbocycles. The van der Waals surface area contributed by atoms with Gasteiger partial charge in [0.1, 0.15) is 0 Å². The van der Waals surface area contributed by atoms with E-state index in [1.165, 1.54) is 25.7 Å². The minimum atomic E-state index is 0.104. The molecule has 0 radical (unpaired) electrons. The summed E-state index contributed by atoms with van der Waals surface area (Å²) in [5, 5.41) is 3.22. The number of rotatable bonds is 2. The van der Waals surface area contributed by atoms with Gasteiger partial charge >= 0.3 is 0 Å². The van der Waals surface area contributed by atoms with Gasteiger partial charge in [0, 0.05) is 9.61 Å². The lowest BCUT2D eigenvalue weighted by Gasteiger charge is -2.23. The average molecular weight is 341 g/mol. The monoisotopic (exact) mass is 341 g/mol. The highest BCUT2D eigenvalue weighted by molar-refractivity contribution is 14.1. The lowest BCUT2D eigenvalue weighted by atomic mass is 9.95. The van der Waals surface area contributed by atoms with Gasteiger partial charge in [-0.1, -0.05) is 18.6 Å². The van der Waals surface area contributed by atoms with E-state index in [0.717, 1.165) is 21.0 Å². The van der Waals surface area contributed by atoms with Gasteiger partial charge < -0.3 is 5.32 Å². The summed E-state index contributed by atoms with van der Waals surface area (Å²) >= 11 is 2.22. The molecule has 1 aromatic rings. The van der Waals surface area contributed by atoms with E-state index in [1.807, 2.05) is 24.3 Å². The third-order valence-electron chi connectivity index (χ3n) is 4.17. The fourth-order valence-electron chi connectivity index (χ4n) is 3.31. The Balaban J connectivity index is 1.70. The molecule has 1 amide bonds. The van der Waals surface area contributed by atoms with E-state index >= 15 is 0 Å². The van der Waals surface area contributed by atoms with Gasteiger partial charge in [-0.15, -0.1) is 0 Å². The highest BCUT2D eigenvalue weighted by atomic mass is 127. The van der Waals surface area contributed by atoms with Crippen LogP contribution in [0, 0.1) is 15.4 Å². The van der Waals surface area contributed by atoms with Crippen LogP contribution in [0.3, 0.4) is 0 Å². The van der Waals surface area contributed by atoms with Gasteiger partial charge in [0.25, 0.3) is 5.91 Å². The first kappa shape index (κ1) is 11.5. The summed E-state index contributed by atoms with van der Waals surface area (Å²) in [5.74, 6) is 1.72. The van der Waals surface area contributed by atoms with Crippen LogP contribution in [-0.2, 0) is 0 Å². The van der Waals surface area contributed by atoms with Crippen LogP contribution < -0.4 is 5.32 Å². The normalized spacial score (nSPS) is 30.5. The molecule has 2 bridgehead atoms. The second kappa shape index (κ2) is 4.59. The summed E-state index contributed by atoms with van der Waals surface area (Å²) in [6, 6.07) is 8.21. The van der Waals surface area contributed by atoms with Gasteiger partial charge in [-0.25, -0.2) is 0 Å². The molecule has 0 unspecified atom stereocenters. The second-order valence-electron chi connectivity index (χ2n) is 5.23. The van der Waals surface area contributed by atoms with Crippen LogP contribution in [0.2, 0.25) is 0 Å². The molecule has 0 heterocycles. The van der Waals surface area contributed by atoms with Crippen molar-refractivity contribution in [3.63, 3.8) is 0 Å². The third kappa shape index (κ3) is 2.21. The number of carbonyl (C=O) groups is 1. The predicted molar refractivity (Wildman–Crippen MR) is 75.9 cm³/mol. The number of carbonyl (C=O) groups excluding carboxylic acids is 1. The summed E-state index contributed by atoms with van der Waals surface area (Å²) in [6.45, 7) is 0. The molecule has 2 saturated carbocycles. The SMILES string of the molecule is O=C(N[C@H]1C[C@H]2CC[C@H]1C2)c1ccccc1I. The van der Waals surface area contributed by atoms with Gasteiger partial charge in [0.15, 0.2) is 0 Å². The Morgan fingerprint density at radius 3 is 2.71 bits per heavy atom. The molecule has 2 fully saturated rings. The van der Waals surface area contributed by atoms with Gasteiger partial charge in [-0.2, -0.15) is 0 Å². The van der Waals surface area contributed by atoms with E-state index in [9.17, 15) is 4.79 Å². The van der Waals surface area contributed by atoms with Crippen molar-refractivity contribution in [2.45, 2.75) is 31.7 Å². The van der Waals surface area contributed by atoms with Gasteiger partial charge in [-0.05, 0) is 65.8 Å². The molecule has 0 spiro atoms. The first-order chi connectivity index (χ1) is 8.24. The molecule has 3 rings (SSSR count). The lowest BCUT2D eigenvalue weighted by Crippen LogP contribution is -2.38. The Kier molecular flexibility index (Phi) is 3.11. The van der Waals surface area contributed by atoms with Crippen molar-refractivity contribution in [2.75, 3.05) is 0 Å². The Morgan fingerprint density at radius 2 is 2.06 bits per heavy atom. The molecule has 3 heteroatoms. The average Bonchev–Trinajstić information content (AvgIpc) is 2.91. The summed E-state index contributed by atoms with van der Waals surface area (Å²) in [5.41, 5.74) is 0.816. The first-order valence-corrected chi connectivity index (χ1v) is 7.37. The zero-order valence-electron chi connectivity index (χ0n) is 9.66. The van der Waals surface area contributed by atoms with Crippen molar-refractivity contribution in [3.05, 3.63) is 33.4 Å².